The lowest BCUT2D eigenvalue weighted by molar-refractivity contribution is 0.623. The minimum absolute atomic E-state index is 0.318. The third-order valence-electron chi connectivity index (χ3n) is 11.5. The van der Waals surface area contributed by atoms with Crippen LogP contribution in [0.4, 0.5) is 5.69 Å². The molecule has 0 saturated heterocycles. The van der Waals surface area contributed by atoms with Gasteiger partial charge in [-0.25, -0.2) is 0 Å². The van der Waals surface area contributed by atoms with Gasteiger partial charge in [0.25, 0.3) is 0 Å². The standard InChI is InChI=1S/C50H37N/c1-4-17-36(18-5-1)49(37-19-6-2-7-20-37)43-26-12-14-28-45(43)50(46-29-15-13-27-44(46)49)42-25-11-10-23-41(42)48-40(24-16-30-47(48)50)35-31-33-39(34-32-35)51-38-21-8-3-9-22-38/h1-21,23-34,38,51H,22H2. The van der Waals surface area contributed by atoms with Crippen LogP contribution in [0.2, 0.25) is 0 Å². The normalized spacial score (nSPS) is 16.9. The molecule has 51 heavy (non-hydrogen) atoms. The van der Waals surface area contributed by atoms with Crippen LogP contribution in [0, 0.1) is 0 Å². The minimum Gasteiger partial charge on any atom is -0.379 e. The number of hydrogen-bond acceptors (Lipinski definition) is 1. The number of fused-ring (bicyclic) bond motifs is 9. The fourth-order valence-electron chi connectivity index (χ4n) is 9.53. The Bertz CT molecular complexity index is 2380. The topological polar surface area (TPSA) is 12.0 Å². The molecule has 0 fully saturated rings. The molecule has 1 heteroatoms. The minimum atomic E-state index is -0.498. The Labute approximate surface area is 300 Å². The molecule has 0 saturated carbocycles. The predicted octanol–water partition coefficient (Wildman–Crippen LogP) is 11.7. The maximum absolute atomic E-state index is 3.69. The zero-order chi connectivity index (χ0) is 33.8. The summed E-state index contributed by atoms with van der Waals surface area (Å²) < 4.78 is 0. The molecule has 0 aromatic heterocycles. The predicted molar refractivity (Wildman–Crippen MR) is 211 cm³/mol. The summed E-state index contributed by atoms with van der Waals surface area (Å²) in [6.45, 7) is 0. The summed E-state index contributed by atoms with van der Waals surface area (Å²) in [7, 11) is 0. The molecule has 3 aliphatic carbocycles. The van der Waals surface area contributed by atoms with Crippen molar-refractivity contribution < 1.29 is 0 Å². The van der Waals surface area contributed by atoms with Gasteiger partial charge in [-0.1, -0.05) is 188 Å². The van der Waals surface area contributed by atoms with Gasteiger partial charge in [-0.3, -0.25) is 0 Å². The van der Waals surface area contributed by atoms with Crippen molar-refractivity contribution in [1.82, 2.24) is 0 Å². The van der Waals surface area contributed by atoms with Gasteiger partial charge in [-0.15, -0.1) is 0 Å². The van der Waals surface area contributed by atoms with Crippen molar-refractivity contribution in [1.29, 1.82) is 0 Å². The van der Waals surface area contributed by atoms with E-state index in [0.29, 0.717) is 6.04 Å². The number of allylic oxidation sites excluding steroid dienone is 2. The van der Waals surface area contributed by atoms with E-state index < -0.39 is 10.8 Å². The van der Waals surface area contributed by atoms with E-state index in [1.807, 2.05) is 0 Å². The average molecular weight is 652 g/mol. The second kappa shape index (κ2) is 11.7. The molecule has 1 nitrogen and oxygen atoms in total. The summed E-state index contributed by atoms with van der Waals surface area (Å²) in [4.78, 5) is 0. The first kappa shape index (κ1) is 29.7. The van der Waals surface area contributed by atoms with E-state index in [-0.39, 0.29) is 0 Å². The van der Waals surface area contributed by atoms with Crippen LogP contribution in [0.5, 0.6) is 0 Å². The fraction of sp³-hybridized carbons (Fsp3) is 0.0800. The zero-order valence-corrected chi connectivity index (χ0v) is 28.3. The summed E-state index contributed by atoms with van der Waals surface area (Å²) in [5, 5.41) is 3.69. The van der Waals surface area contributed by atoms with E-state index >= 15 is 0 Å². The number of hydrogen-bond donors (Lipinski definition) is 1. The van der Waals surface area contributed by atoms with Gasteiger partial charge in [0.15, 0.2) is 0 Å². The highest BCUT2D eigenvalue weighted by atomic mass is 14.9. The molecule has 1 N–H and O–H groups in total. The van der Waals surface area contributed by atoms with E-state index in [0.717, 1.165) is 12.1 Å². The van der Waals surface area contributed by atoms with E-state index in [9.17, 15) is 0 Å². The van der Waals surface area contributed by atoms with Crippen molar-refractivity contribution in [3.63, 3.8) is 0 Å². The van der Waals surface area contributed by atoms with Crippen molar-refractivity contribution in [2.24, 2.45) is 0 Å². The Balaban J connectivity index is 1.25. The average Bonchev–Trinajstić information content (AvgIpc) is 3.51. The van der Waals surface area contributed by atoms with E-state index in [1.165, 1.54) is 66.8 Å². The van der Waals surface area contributed by atoms with Gasteiger partial charge in [0, 0.05) is 11.7 Å². The molecule has 3 aliphatic rings. The molecule has 10 rings (SSSR count). The van der Waals surface area contributed by atoms with Crippen molar-refractivity contribution >= 4 is 5.69 Å². The molecule has 0 aliphatic heterocycles. The molecule has 242 valence electrons. The summed E-state index contributed by atoms with van der Waals surface area (Å²) in [5.74, 6) is 0. The first-order chi connectivity index (χ1) is 25.3. The number of benzene rings is 7. The first-order valence-corrected chi connectivity index (χ1v) is 18.1. The van der Waals surface area contributed by atoms with Crippen LogP contribution >= 0.6 is 0 Å². The second-order valence-corrected chi connectivity index (χ2v) is 14.0. The van der Waals surface area contributed by atoms with Gasteiger partial charge in [0.05, 0.1) is 10.8 Å². The van der Waals surface area contributed by atoms with Crippen molar-refractivity contribution in [2.45, 2.75) is 23.3 Å². The molecule has 1 unspecified atom stereocenters. The maximum Gasteiger partial charge on any atom is 0.0720 e. The molecule has 1 atom stereocenters. The first-order valence-electron chi connectivity index (χ1n) is 18.1. The van der Waals surface area contributed by atoms with Gasteiger partial charge in [-0.2, -0.15) is 0 Å². The molecule has 1 spiro atoms. The highest BCUT2D eigenvalue weighted by Gasteiger charge is 2.56. The van der Waals surface area contributed by atoms with E-state index in [2.05, 4.69) is 206 Å². The van der Waals surface area contributed by atoms with Gasteiger partial charge in [0.1, 0.15) is 0 Å². The van der Waals surface area contributed by atoms with Crippen LogP contribution in [0.1, 0.15) is 50.9 Å². The number of nitrogens with one attached hydrogen (secondary N) is 1. The summed E-state index contributed by atoms with van der Waals surface area (Å²) >= 11 is 0. The highest BCUT2D eigenvalue weighted by molar-refractivity contribution is 5.97. The maximum atomic E-state index is 3.69. The lowest BCUT2D eigenvalue weighted by atomic mass is 9.51. The SMILES string of the molecule is C1=CCC(Nc2ccc(-c3cccc4c3-c3ccccc3C43c4ccccc4C(c4ccccc4)(c4ccccc4)c4ccccc43)cc2)C=C1. The molecule has 0 heterocycles. The monoisotopic (exact) mass is 651 g/mol. The summed E-state index contributed by atoms with van der Waals surface area (Å²) in [6, 6.07) is 66.2. The molecule has 7 aromatic rings. The Morgan fingerprint density at radius 2 is 0.922 bits per heavy atom. The van der Waals surface area contributed by atoms with Gasteiger partial charge < -0.3 is 5.32 Å². The van der Waals surface area contributed by atoms with E-state index in [4.69, 9.17) is 0 Å². The van der Waals surface area contributed by atoms with E-state index in [1.54, 1.807) is 0 Å². The van der Waals surface area contributed by atoms with Crippen LogP contribution in [0.25, 0.3) is 22.3 Å². The Morgan fingerprint density at radius 3 is 1.51 bits per heavy atom. The number of anilines is 1. The lowest BCUT2D eigenvalue weighted by Crippen LogP contribution is -2.44. The van der Waals surface area contributed by atoms with Crippen molar-refractivity contribution in [3.8, 4) is 22.3 Å². The van der Waals surface area contributed by atoms with Crippen LogP contribution in [-0.2, 0) is 10.8 Å². The number of rotatable bonds is 5. The molecule has 0 amide bonds. The van der Waals surface area contributed by atoms with Crippen LogP contribution < -0.4 is 5.32 Å². The summed E-state index contributed by atoms with van der Waals surface area (Å²) in [5.41, 5.74) is 15.9. The smallest absolute Gasteiger partial charge is 0.0720 e. The molecule has 7 aromatic carbocycles. The van der Waals surface area contributed by atoms with Crippen LogP contribution in [-0.4, -0.2) is 6.04 Å². The van der Waals surface area contributed by atoms with Gasteiger partial charge in [0.2, 0.25) is 0 Å². The molecular weight excluding hydrogens is 615 g/mol. The van der Waals surface area contributed by atoms with Crippen LogP contribution in [0.3, 0.4) is 0 Å². The molecular formula is C50H37N. The van der Waals surface area contributed by atoms with Crippen molar-refractivity contribution in [3.05, 3.63) is 245 Å². The largest absolute Gasteiger partial charge is 0.379 e. The Morgan fingerprint density at radius 1 is 0.412 bits per heavy atom. The zero-order valence-electron chi connectivity index (χ0n) is 28.3. The van der Waals surface area contributed by atoms with Crippen molar-refractivity contribution in [2.75, 3.05) is 5.32 Å². The molecule has 0 bridgehead atoms. The van der Waals surface area contributed by atoms with Gasteiger partial charge >= 0.3 is 0 Å². The summed E-state index contributed by atoms with van der Waals surface area (Å²) in [6.07, 6.45) is 9.70. The fourth-order valence-corrected chi connectivity index (χ4v) is 9.53. The second-order valence-electron chi connectivity index (χ2n) is 14.0. The highest BCUT2D eigenvalue weighted by Crippen LogP contribution is 2.65. The third kappa shape index (κ3) is 4.22. The van der Waals surface area contributed by atoms with Crippen LogP contribution in [0.15, 0.2) is 200 Å². The quantitative estimate of drug-likeness (QED) is 0.195. The lowest BCUT2D eigenvalue weighted by Gasteiger charge is -2.50. The Kier molecular flexibility index (Phi) is 6.82. The molecule has 0 radical (unpaired) electrons. The van der Waals surface area contributed by atoms with Gasteiger partial charge in [-0.05, 0) is 85.3 Å². The third-order valence-corrected chi connectivity index (χ3v) is 11.5. The Hall–Kier alpha value is -6.18.